The fraction of sp³-hybridized carbons (Fsp3) is 0.130. The van der Waals surface area contributed by atoms with Crippen LogP contribution in [0.2, 0.25) is 5.15 Å². The van der Waals surface area contributed by atoms with E-state index in [0.29, 0.717) is 34.3 Å². The second kappa shape index (κ2) is 9.74. The van der Waals surface area contributed by atoms with E-state index in [1.54, 1.807) is 35.9 Å². The Morgan fingerprint density at radius 3 is 2.29 bits per heavy atom. The summed E-state index contributed by atoms with van der Waals surface area (Å²) in [7, 11) is 0. The number of nitriles is 1. The summed E-state index contributed by atoms with van der Waals surface area (Å²) >= 11 is 6.48. The molecule has 0 atom stereocenters. The highest BCUT2D eigenvalue weighted by Gasteiger charge is 2.16. The second-order valence-electron chi connectivity index (χ2n) is 6.82. The molecule has 8 heteroatoms. The summed E-state index contributed by atoms with van der Waals surface area (Å²) in [5.74, 6) is -0.757. The van der Waals surface area contributed by atoms with Crippen molar-refractivity contribution in [3.63, 3.8) is 0 Å². The average molecular weight is 434 g/mol. The second-order valence-corrected chi connectivity index (χ2v) is 7.17. The number of benzene rings is 2. The first-order valence-electron chi connectivity index (χ1n) is 9.45. The molecular weight excluding hydrogens is 414 g/mol. The average Bonchev–Trinajstić information content (AvgIpc) is 3.00. The smallest absolute Gasteiger partial charge is 0.266 e. The third-order valence-corrected chi connectivity index (χ3v) is 4.80. The summed E-state index contributed by atoms with van der Waals surface area (Å²) in [6, 6.07) is 18.2. The minimum atomic E-state index is -0.568. The van der Waals surface area contributed by atoms with Crippen LogP contribution in [0.1, 0.15) is 23.7 Å². The van der Waals surface area contributed by atoms with Gasteiger partial charge in [0.05, 0.1) is 12.2 Å². The number of carbonyl (C=O) groups excluding carboxylic acids is 2. The van der Waals surface area contributed by atoms with Crippen molar-refractivity contribution >= 4 is 40.9 Å². The maximum absolute atomic E-state index is 12.6. The molecule has 31 heavy (non-hydrogen) atoms. The predicted molar refractivity (Wildman–Crippen MR) is 120 cm³/mol. The number of amides is 2. The predicted octanol–water partition coefficient (Wildman–Crippen LogP) is 4.40. The van der Waals surface area contributed by atoms with Gasteiger partial charge in [-0.15, -0.1) is 0 Å². The number of hydrogen-bond acceptors (Lipinski definition) is 4. The molecule has 0 aliphatic carbocycles. The summed E-state index contributed by atoms with van der Waals surface area (Å²) in [6.07, 6.45) is 1.44. The Labute approximate surface area is 185 Å². The van der Waals surface area contributed by atoms with Gasteiger partial charge in [-0.1, -0.05) is 41.9 Å². The molecule has 0 aliphatic heterocycles. The standard InChI is InChI=1S/C23H20ClN5O2/c1-15-21(22(24)29(28-15)14-17-6-4-3-5-7-17)12-18(13-25)23(31)27-20-10-8-19(9-11-20)26-16(2)30/h3-12H,14H2,1-2H3,(H,26,30)(H,27,31)/b18-12+. The van der Waals surface area contributed by atoms with Gasteiger partial charge in [0.1, 0.15) is 16.8 Å². The number of nitrogens with one attached hydrogen (secondary N) is 2. The zero-order valence-electron chi connectivity index (χ0n) is 17.0. The first-order chi connectivity index (χ1) is 14.9. The van der Waals surface area contributed by atoms with Gasteiger partial charge in [-0.2, -0.15) is 10.4 Å². The molecule has 0 spiro atoms. The Kier molecular flexibility index (Phi) is 6.85. The van der Waals surface area contributed by atoms with E-state index in [1.807, 2.05) is 36.4 Å². The molecule has 0 aliphatic rings. The summed E-state index contributed by atoms with van der Waals surface area (Å²) in [5.41, 5.74) is 3.16. The van der Waals surface area contributed by atoms with Gasteiger partial charge in [-0.05, 0) is 42.8 Å². The van der Waals surface area contributed by atoms with Gasteiger partial charge in [-0.3, -0.25) is 9.59 Å². The molecule has 0 saturated heterocycles. The zero-order valence-corrected chi connectivity index (χ0v) is 17.8. The lowest BCUT2D eigenvalue weighted by molar-refractivity contribution is -0.114. The quantitative estimate of drug-likeness (QED) is 0.444. The lowest BCUT2D eigenvalue weighted by atomic mass is 10.1. The largest absolute Gasteiger partial charge is 0.326 e. The highest BCUT2D eigenvalue weighted by atomic mass is 35.5. The molecule has 2 aromatic carbocycles. The fourth-order valence-electron chi connectivity index (χ4n) is 2.92. The van der Waals surface area contributed by atoms with Crippen molar-refractivity contribution < 1.29 is 9.59 Å². The SMILES string of the molecule is CC(=O)Nc1ccc(NC(=O)/C(C#N)=C/c2c(C)nn(Cc3ccccc3)c2Cl)cc1. The molecule has 3 rings (SSSR count). The Morgan fingerprint density at radius 2 is 1.71 bits per heavy atom. The van der Waals surface area contributed by atoms with E-state index < -0.39 is 5.91 Å². The molecule has 1 heterocycles. The summed E-state index contributed by atoms with van der Waals surface area (Å²) < 4.78 is 1.63. The third-order valence-electron chi connectivity index (χ3n) is 4.40. The van der Waals surface area contributed by atoms with Crippen LogP contribution >= 0.6 is 11.6 Å². The van der Waals surface area contributed by atoms with Crippen molar-refractivity contribution in [1.29, 1.82) is 5.26 Å². The van der Waals surface area contributed by atoms with Crippen LogP contribution in [0.5, 0.6) is 0 Å². The number of nitrogens with zero attached hydrogens (tertiary/aromatic N) is 3. The van der Waals surface area contributed by atoms with Crippen LogP contribution in [0, 0.1) is 18.3 Å². The molecule has 156 valence electrons. The van der Waals surface area contributed by atoms with E-state index in [-0.39, 0.29) is 11.5 Å². The summed E-state index contributed by atoms with van der Waals surface area (Å²) in [5, 5.41) is 19.6. The van der Waals surface area contributed by atoms with E-state index in [2.05, 4.69) is 15.7 Å². The van der Waals surface area contributed by atoms with Crippen LogP contribution in [0.25, 0.3) is 6.08 Å². The molecule has 0 unspecified atom stereocenters. The van der Waals surface area contributed by atoms with Crippen LogP contribution in [-0.4, -0.2) is 21.6 Å². The number of aryl methyl sites for hydroxylation is 1. The van der Waals surface area contributed by atoms with Gasteiger partial charge in [0.25, 0.3) is 5.91 Å². The number of halogens is 1. The monoisotopic (exact) mass is 433 g/mol. The van der Waals surface area contributed by atoms with Crippen LogP contribution in [-0.2, 0) is 16.1 Å². The van der Waals surface area contributed by atoms with Crippen molar-refractivity contribution in [1.82, 2.24) is 9.78 Å². The van der Waals surface area contributed by atoms with E-state index in [9.17, 15) is 14.9 Å². The highest BCUT2D eigenvalue weighted by Crippen LogP contribution is 2.24. The number of rotatable bonds is 6. The van der Waals surface area contributed by atoms with Crippen LogP contribution in [0.15, 0.2) is 60.2 Å². The highest BCUT2D eigenvalue weighted by molar-refractivity contribution is 6.31. The third kappa shape index (κ3) is 5.59. The molecule has 0 bridgehead atoms. The normalized spacial score (nSPS) is 11.0. The lowest BCUT2D eigenvalue weighted by Crippen LogP contribution is -2.13. The van der Waals surface area contributed by atoms with E-state index >= 15 is 0 Å². The molecule has 0 saturated carbocycles. The van der Waals surface area contributed by atoms with Gasteiger partial charge >= 0.3 is 0 Å². The van der Waals surface area contributed by atoms with Crippen molar-refractivity contribution in [2.24, 2.45) is 0 Å². The first kappa shape index (κ1) is 21.8. The molecule has 1 aromatic heterocycles. The van der Waals surface area contributed by atoms with E-state index in [4.69, 9.17) is 11.6 Å². The molecule has 0 fully saturated rings. The Bertz CT molecular complexity index is 1180. The number of aromatic nitrogens is 2. The summed E-state index contributed by atoms with van der Waals surface area (Å²) in [4.78, 5) is 23.7. The van der Waals surface area contributed by atoms with Crippen molar-refractivity contribution in [3.05, 3.63) is 82.1 Å². The zero-order chi connectivity index (χ0) is 22.4. The minimum Gasteiger partial charge on any atom is -0.326 e. The molecular formula is C23H20ClN5O2. The van der Waals surface area contributed by atoms with Crippen LogP contribution in [0.4, 0.5) is 11.4 Å². The lowest BCUT2D eigenvalue weighted by Gasteiger charge is -2.06. The number of hydrogen-bond donors (Lipinski definition) is 2. The number of carbonyl (C=O) groups is 2. The van der Waals surface area contributed by atoms with Gasteiger partial charge in [-0.25, -0.2) is 4.68 Å². The van der Waals surface area contributed by atoms with Gasteiger partial charge in [0.15, 0.2) is 0 Å². The molecule has 2 N–H and O–H groups in total. The Morgan fingerprint density at radius 1 is 1.10 bits per heavy atom. The Balaban J connectivity index is 1.78. The molecule has 2 amide bonds. The molecule has 0 radical (unpaired) electrons. The fourth-order valence-corrected chi connectivity index (χ4v) is 3.21. The van der Waals surface area contributed by atoms with Crippen molar-refractivity contribution in [3.8, 4) is 6.07 Å². The first-order valence-corrected chi connectivity index (χ1v) is 9.83. The van der Waals surface area contributed by atoms with Gasteiger partial charge in [0.2, 0.25) is 5.91 Å². The van der Waals surface area contributed by atoms with Crippen LogP contribution < -0.4 is 10.6 Å². The Hall–Kier alpha value is -3.89. The van der Waals surface area contributed by atoms with Gasteiger partial charge in [0, 0.05) is 23.9 Å². The maximum atomic E-state index is 12.6. The van der Waals surface area contributed by atoms with Crippen molar-refractivity contribution in [2.45, 2.75) is 20.4 Å². The summed E-state index contributed by atoms with van der Waals surface area (Å²) in [6.45, 7) is 3.66. The van der Waals surface area contributed by atoms with Crippen LogP contribution in [0.3, 0.4) is 0 Å². The van der Waals surface area contributed by atoms with E-state index in [0.717, 1.165) is 5.56 Å². The molecule has 7 nitrogen and oxygen atoms in total. The minimum absolute atomic E-state index is 0.102. The van der Waals surface area contributed by atoms with Crippen molar-refractivity contribution in [2.75, 3.05) is 10.6 Å². The maximum Gasteiger partial charge on any atom is 0.266 e. The van der Waals surface area contributed by atoms with Gasteiger partial charge < -0.3 is 10.6 Å². The topological polar surface area (TPSA) is 99.8 Å². The molecule has 3 aromatic rings. The number of anilines is 2. The van der Waals surface area contributed by atoms with E-state index in [1.165, 1.54) is 13.0 Å².